The molecule has 1 fully saturated rings. The standard InChI is InChI=1S/C12H18N2O/c13-8-10-6-7-12(14-9-10)15-11-4-2-1-3-5-11/h6-7,9,11H,1-5,8,13H2. The van der Waals surface area contributed by atoms with E-state index in [-0.39, 0.29) is 0 Å². The van der Waals surface area contributed by atoms with E-state index in [2.05, 4.69) is 4.98 Å². The summed E-state index contributed by atoms with van der Waals surface area (Å²) in [6.45, 7) is 0.538. The smallest absolute Gasteiger partial charge is 0.213 e. The number of nitrogens with zero attached hydrogens (tertiary/aromatic N) is 1. The highest BCUT2D eigenvalue weighted by Gasteiger charge is 2.14. The Balaban J connectivity index is 1.91. The van der Waals surface area contributed by atoms with Crippen LogP contribution in [0.1, 0.15) is 37.7 Å². The molecule has 1 aliphatic rings. The van der Waals surface area contributed by atoms with Crippen LogP contribution in [0.25, 0.3) is 0 Å². The first kappa shape index (κ1) is 10.4. The molecule has 2 rings (SSSR count). The number of nitrogens with two attached hydrogens (primary N) is 1. The minimum atomic E-state index is 0.370. The molecule has 2 N–H and O–H groups in total. The van der Waals surface area contributed by atoms with Gasteiger partial charge in [-0.3, -0.25) is 0 Å². The lowest BCUT2D eigenvalue weighted by Crippen LogP contribution is -2.20. The number of rotatable bonds is 3. The van der Waals surface area contributed by atoms with Crippen LogP contribution in [0.2, 0.25) is 0 Å². The highest BCUT2D eigenvalue weighted by atomic mass is 16.5. The first-order chi connectivity index (χ1) is 7.38. The lowest BCUT2D eigenvalue weighted by Gasteiger charge is -2.22. The van der Waals surface area contributed by atoms with Gasteiger partial charge in [0.15, 0.2) is 0 Å². The summed E-state index contributed by atoms with van der Waals surface area (Å²) < 4.78 is 5.80. The summed E-state index contributed by atoms with van der Waals surface area (Å²) in [6, 6.07) is 3.89. The van der Waals surface area contributed by atoms with E-state index in [0.29, 0.717) is 12.6 Å². The molecule has 1 saturated carbocycles. The van der Waals surface area contributed by atoms with Gasteiger partial charge in [-0.25, -0.2) is 4.98 Å². The van der Waals surface area contributed by atoms with Crippen molar-refractivity contribution >= 4 is 0 Å². The van der Waals surface area contributed by atoms with Crippen LogP contribution in [0.5, 0.6) is 5.88 Å². The Kier molecular flexibility index (Phi) is 3.56. The van der Waals surface area contributed by atoms with Crippen molar-refractivity contribution in [2.24, 2.45) is 5.73 Å². The molecule has 0 bridgehead atoms. The van der Waals surface area contributed by atoms with Crippen LogP contribution < -0.4 is 10.5 Å². The third kappa shape index (κ3) is 2.93. The molecule has 0 spiro atoms. The van der Waals surface area contributed by atoms with Crippen molar-refractivity contribution in [1.82, 2.24) is 4.98 Å². The van der Waals surface area contributed by atoms with Crippen molar-refractivity contribution < 1.29 is 4.74 Å². The van der Waals surface area contributed by atoms with Crippen LogP contribution in [-0.2, 0) is 6.54 Å². The van der Waals surface area contributed by atoms with E-state index in [0.717, 1.165) is 11.4 Å². The van der Waals surface area contributed by atoms with Crippen LogP contribution >= 0.6 is 0 Å². The molecule has 0 aliphatic heterocycles. The molecule has 1 aromatic heterocycles. The predicted octanol–water partition coefficient (Wildman–Crippen LogP) is 2.25. The van der Waals surface area contributed by atoms with Gasteiger partial charge in [0.1, 0.15) is 6.10 Å². The summed E-state index contributed by atoms with van der Waals surface area (Å²) in [5.74, 6) is 0.735. The monoisotopic (exact) mass is 206 g/mol. The molecule has 1 aromatic rings. The molecule has 0 radical (unpaired) electrons. The molecule has 0 amide bonds. The summed E-state index contributed by atoms with van der Waals surface area (Å²) in [5, 5.41) is 0. The Bertz CT molecular complexity index is 291. The second-order valence-electron chi connectivity index (χ2n) is 4.09. The molecule has 1 heterocycles. The zero-order valence-corrected chi connectivity index (χ0v) is 8.98. The van der Waals surface area contributed by atoms with Gasteiger partial charge >= 0.3 is 0 Å². The molecular weight excluding hydrogens is 188 g/mol. The van der Waals surface area contributed by atoms with E-state index < -0.39 is 0 Å². The predicted molar refractivity (Wildman–Crippen MR) is 59.6 cm³/mol. The third-order valence-corrected chi connectivity index (χ3v) is 2.87. The van der Waals surface area contributed by atoms with Gasteiger partial charge in [0.2, 0.25) is 5.88 Å². The summed E-state index contributed by atoms with van der Waals surface area (Å²) in [7, 11) is 0. The first-order valence-electron chi connectivity index (χ1n) is 5.70. The first-order valence-corrected chi connectivity index (χ1v) is 5.70. The summed E-state index contributed by atoms with van der Waals surface area (Å²) in [5.41, 5.74) is 6.55. The van der Waals surface area contributed by atoms with Crippen LogP contribution in [0, 0.1) is 0 Å². The van der Waals surface area contributed by atoms with Gasteiger partial charge in [-0.15, -0.1) is 0 Å². The normalized spacial score (nSPS) is 17.7. The van der Waals surface area contributed by atoms with Crippen molar-refractivity contribution in [3.63, 3.8) is 0 Å². The van der Waals surface area contributed by atoms with Gasteiger partial charge in [0, 0.05) is 18.8 Å². The van der Waals surface area contributed by atoms with E-state index in [1.165, 1.54) is 32.1 Å². The fraction of sp³-hybridized carbons (Fsp3) is 0.583. The average Bonchev–Trinajstić information content (AvgIpc) is 2.31. The van der Waals surface area contributed by atoms with Gasteiger partial charge < -0.3 is 10.5 Å². The van der Waals surface area contributed by atoms with Crippen molar-refractivity contribution in [1.29, 1.82) is 0 Å². The van der Waals surface area contributed by atoms with Gasteiger partial charge in [-0.05, 0) is 31.2 Å². The maximum Gasteiger partial charge on any atom is 0.213 e. The minimum Gasteiger partial charge on any atom is -0.474 e. The lowest BCUT2D eigenvalue weighted by atomic mass is 9.98. The fourth-order valence-electron chi connectivity index (χ4n) is 1.96. The van der Waals surface area contributed by atoms with E-state index in [4.69, 9.17) is 10.5 Å². The Hall–Kier alpha value is -1.09. The minimum absolute atomic E-state index is 0.370. The van der Waals surface area contributed by atoms with Crippen LogP contribution in [-0.4, -0.2) is 11.1 Å². The number of hydrogen-bond donors (Lipinski definition) is 1. The Morgan fingerprint density at radius 3 is 2.67 bits per heavy atom. The molecule has 0 unspecified atom stereocenters. The average molecular weight is 206 g/mol. The zero-order valence-electron chi connectivity index (χ0n) is 8.98. The van der Waals surface area contributed by atoms with Gasteiger partial charge in [-0.1, -0.05) is 12.5 Å². The molecule has 0 saturated heterocycles. The van der Waals surface area contributed by atoms with Crippen LogP contribution in [0.3, 0.4) is 0 Å². The number of aromatic nitrogens is 1. The van der Waals surface area contributed by atoms with Crippen LogP contribution in [0.15, 0.2) is 18.3 Å². The highest BCUT2D eigenvalue weighted by Crippen LogP contribution is 2.22. The Morgan fingerprint density at radius 1 is 1.27 bits per heavy atom. The molecule has 82 valence electrons. The summed E-state index contributed by atoms with van der Waals surface area (Å²) in [4.78, 5) is 4.24. The summed E-state index contributed by atoms with van der Waals surface area (Å²) in [6.07, 6.45) is 8.41. The van der Waals surface area contributed by atoms with Crippen molar-refractivity contribution in [3.8, 4) is 5.88 Å². The number of ether oxygens (including phenoxy) is 1. The van der Waals surface area contributed by atoms with Gasteiger partial charge in [0.05, 0.1) is 0 Å². The quantitative estimate of drug-likeness (QED) is 0.825. The second-order valence-corrected chi connectivity index (χ2v) is 4.09. The van der Waals surface area contributed by atoms with Crippen LogP contribution in [0.4, 0.5) is 0 Å². The van der Waals surface area contributed by atoms with Gasteiger partial charge in [-0.2, -0.15) is 0 Å². The summed E-state index contributed by atoms with van der Waals surface area (Å²) >= 11 is 0. The molecule has 3 nitrogen and oxygen atoms in total. The zero-order chi connectivity index (χ0) is 10.5. The van der Waals surface area contributed by atoms with E-state index in [1.807, 2.05) is 12.1 Å². The second kappa shape index (κ2) is 5.12. The molecular formula is C12H18N2O. The molecule has 3 heteroatoms. The van der Waals surface area contributed by atoms with E-state index in [1.54, 1.807) is 6.20 Å². The lowest BCUT2D eigenvalue weighted by molar-refractivity contribution is 0.148. The third-order valence-electron chi connectivity index (χ3n) is 2.87. The Labute approximate surface area is 90.7 Å². The van der Waals surface area contributed by atoms with Gasteiger partial charge in [0.25, 0.3) is 0 Å². The maximum atomic E-state index is 5.80. The Morgan fingerprint density at radius 2 is 2.07 bits per heavy atom. The number of pyridine rings is 1. The van der Waals surface area contributed by atoms with E-state index in [9.17, 15) is 0 Å². The molecule has 1 aliphatic carbocycles. The highest BCUT2D eigenvalue weighted by molar-refractivity contribution is 5.17. The fourth-order valence-corrected chi connectivity index (χ4v) is 1.96. The molecule has 15 heavy (non-hydrogen) atoms. The SMILES string of the molecule is NCc1ccc(OC2CCCCC2)nc1. The van der Waals surface area contributed by atoms with Crippen molar-refractivity contribution in [2.75, 3.05) is 0 Å². The van der Waals surface area contributed by atoms with Crippen molar-refractivity contribution in [2.45, 2.75) is 44.8 Å². The van der Waals surface area contributed by atoms with E-state index >= 15 is 0 Å². The topological polar surface area (TPSA) is 48.1 Å². The molecule has 0 aromatic carbocycles. The largest absolute Gasteiger partial charge is 0.474 e. The molecule has 0 atom stereocenters. The maximum absolute atomic E-state index is 5.80. The number of hydrogen-bond acceptors (Lipinski definition) is 3. The van der Waals surface area contributed by atoms with Crippen molar-refractivity contribution in [3.05, 3.63) is 23.9 Å².